The highest BCUT2D eigenvalue weighted by Crippen LogP contribution is 2.42. The molecule has 2 unspecified atom stereocenters. The first-order chi connectivity index (χ1) is 12.2. The number of amides is 1. The average molecular weight is 385 g/mol. The molecule has 1 heterocycles. The van der Waals surface area contributed by atoms with Gasteiger partial charge in [0, 0.05) is 31.7 Å². The molecule has 3 saturated carbocycles. The lowest BCUT2D eigenvalue weighted by atomic mass is 9.65. The van der Waals surface area contributed by atoms with E-state index in [0.717, 1.165) is 51.3 Å². The van der Waals surface area contributed by atoms with Gasteiger partial charge in [0.15, 0.2) is 0 Å². The number of hydrogen-bond acceptors (Lipinski definition) is 3. The van der Waals surface area contributed by atoms with E-state index >= 15 is 0 Å². The minimum absolute atomic E-state index is 0. The number of ether oxygens (including phenoxy) is 1. The summed E-state index contributed by atoms with van der Waals surface area (Å²) in [5.41, 5.74) is 6.39. The second-order valence-corrected chi connectivity index (χ2v) is 9.21. The highest BCUT2D eigenvalue weighted by Gasteiger charge is 2.42. The summed E-state index contributed by atoms with van der Waals surface area (Å²) in [6.45, 7) is 2.74. The quantitative estimate of drug-likeness (QED) is 0.802. The van der Waals surface area contributed by atoms with Crippen molar-refractivity contribution >= 4 is 18.3 Å². The van der Waals surface area contributed by atoms with Crippen LogP contribution in [0.3, 0.4) is 0 Å². The van der Waals surface area contributed by atoms with Gasteiger partial charge in [-0.1, -0.05) is 19.3 Å². The fourth-order valence-corrected chi connectivity index (χ4v) is 5.94. The Balaban J connectivity index is 0.00000196. The molecule has 0 aromatic heterocycles. The van der Waals surface area contributed by atoms with E-state index in [1.165, 1.54) is 44.9 Å². The van der Waals surface area contributed by atoms with Crippen LogP contribution in [0.5, 0.6) is 0 Å². The Morgan fingerprint density at radius 2 is 1.54 bits per heavy atom. The lowest BCUT2D eigenvalue weighted by Gasteiger charge is -2.45. The van der Waals surface area contributed by atoms with Gasteiger partial charge in [0.05, 0.1) is 6.10 Å². The third-order valence-corrected chi connectivity index (χ3v) is 7.56. The number of rotatable bonds is 4. The lowest BCUT2D eigenvalue weighted by Crippen LogP contribution is -2.51. The minimum atomic E-state index is 0. The predicted molar refractivity (Wildman–Crippen MR) is 106 cm³/mol. The van der Waals surface area contributed by atoms with Crippen LogP contribution in [0.1, 0.15) is 70.6 Å². The second-order valence-electron chi connectivity index (χ2n) is 9.21. The zero-order valence-corrected chi connectivity index (χ0v) is 16.9. The largest absolute Gasteiger partial charge is 0.378 e. The molecule has 5 heteroatoms. The third-order valence-electron chi connectivity index (χ3n) is 7.56. The number of likely N-dealkylation sites (tertiary alicyclic amines) is 1. The van der Waals surface area contributed by atoms with Crippen molar-refractivity contribution in [3.8, 4) is 0 Å². The van der Waals surface area contributed by atoms with Gasteiger partial charge in [-0.3, -0.25) is 4.79 Å². The molecule has 4 aliphatic rings. The molecule has 4 rings (SSSR count). The van der Waals surface area contributed by atoms with Crippen molar-refractivity contribution in [3.63, 3.8) is 0 Å². The summed E-state index contributed by atoms with van der Waals surface area (Å²) in [6.07, 6.45) is 13.8. The zero-order valence-electron chi connectivity index (χ0n) is 16.1. The molecule has 1 amide bonds. The summed E-state index contributed by atoms with van der Waals surface area (Å²) in [7, 11) is 0. The summed E-state index contributed by atoms with van der Waals surface area (Å²) >= 11 is 0. The monoisotopic (exact) mass is 384 g/mol. The maximum absolute atomic E-state index is 13.0. The summed E-state index contributed by atoms with van der Waals surface area (Å²) in [5, 5.41) is 0. The van der Waals surface area contributed by atoms with Crippen molar-refractivity contribution in [2.45, 2.75) is 82.8 Å². The molecule has 4 fully saturated rings. The molecule has 0 radical (unpaired) electrons. The van der Waals surface area contributed by atoms with Crippen molar-refractivity contribution in [1.29, 1.82) is 0 Å². The second kappa shape index (κ2) is 9.25. The molecule has 1 saturated heterocycles. The van der Waals surface area contributed by atoms with Gasteiger partial charge in [-0.2, -0.15) is 0 Å². The number of nitrogens with zero attached hydrogens (tertiary/aromatic N) is 1. The van der Waals surface area contributed by atoms with Crippen LogP contribution in [0.25, 0.3) is 0 Å². The third kappa shape index (κ3) is 4.56. The minimum Gasteiger partial charge on any atom is -0.378 e. The first kappa shape index (κ1) is 20.4. The molecule has 2 N–H and O–H groups in total. The number of fused-ring (bicyclic) bond motifs is 2. The SMILES string of the molecule is Cl.NC1C2CCCC1CC(C(=O)N1CCC(OCC3CCCC3)CC1)C2. The highest BCUT2D eigenvalue weighted by molar-refractivity contribution is 5.85. The van der Waals surface area contributed by atoms with Gasteiger partial charge in [0.1, 0.15) is 0 Å². The standard InChI is InChI=1S/C21H36N2O2.ClH/c22-20-16-6-3-7-17(20)13-18(12-16)21(24)23-10-8-19(9-11-23)25-14-15-4-1-2-5-15;/h15-20H,1-14,22H2;1H. The van der Waals surface area contributed by atoms with E-state index in [0.29, 0.717) is 29.9 Å². The van der Waals surface area contributed by atoms with Crippen LogP contribution in [-0.2, 0) is 9.53 Å². The summed E-state index contributed by atoms with van der Waals surface area (Å²) in [4.78, 5) is 15.1. The molecule has 150 valence electrons. The number of carbonyl (C=O) groups excluding carboxylic acids is 1. The van der Waals surface area contributed by atoms with Gasteiger partial charge >= 0.3 is 0 Å². The van der Waals surface area contributed by atoms with E-state index in [1.807, 2.05) is 0 Å². The number of carbonyl (C=O) groups is 1. The van der Waals surface area contributed by atoms with E-state index in [9.17, 15) is 4.79 Å². The molecule has 3 aliphatic carbocycles. The van der Waals surface area contributed by atoms with Crippen LogP contribution < -0.4 is 5.73 Å². The molecular formula is C21H37ClN2O2. The topological polar surface area (TPSA) is 55.6 Å². The molecule has 2 bridgehead atoms. The van der Waals surface area contributed by atoms with Crippen molar-refractivity contribution in [2.24, 2.45) is 29.4 Å². The Morgan fingerprint density at radius 1 is 0.923 bits per heavy atom. The Labute approximate surface area is 165 Å². The zero-order chi connectivity index (χ0) is 17.2. The van der Waals surface area contributed by atoms with Gasteiger partial charge in [0.2, 0.25) is 5.91 Å². The van der Waals surface area contributed by atoms with E-state index < -0.39 is 0 Å². The van der Waals surface area contributed by atoms with Gasteiger partial charge in [-0.05, 0) is 69.1 Å². The molecule has 0 aromatic carbocycles. The first-order valence-corrected chi connectivity index (χ1v) is 10.9. The van der Waals surface area contributed by atoms with Crippen molar-refractivity contribution < 1.29 is 9.53 Å². The number of hydrogen-bond donors (Lipinski definition) is 1. The fourth-order valence-electron chi connectivity index (χ4n) is 5.94. The van der Waals surface area contributed by atoms with Crippen LogP contribution in [0, 0.1) is 23.7 Å². The first-order valence-electron chi connectivity index (χ1n) is 10.9. The Kier molecular flexibility index (Phi) is 7.26. The van der Waals surface area contributed by atoms with E-state index in [4.69, 9.17) is 10.5 Å². The summed E-state index contributed by atoms with van der Waals surface area (Å²) in [5.74, 6) is 2.64. The van der Waals surface area contributed by atoms with E-state index in [-0.39, 0.29) is 18.3 Å². The van der Waals surface area contributed by atoms with Crippen molar-refractivity contribution in [2.75, 3.05) is 19.7 Å². The number of nitrogens with two attached hydrogens (primary N) is 1. The molecule has 0 spiro atoms. The van der Waals surface area contributed by atoms with Crippen LogP contribution in [0.15, 0.2) is 0 Å². The van der Waals surface area contributed by atoms with Crippen LogP contribution in [-0.4, -0.2) is 42.6 Å². The highest BCUT2D eigenvalue weighted by atomic mass is 35.5. The molecule has 0 aromatic rings. The van der Waals surface area contributed by atoms with Crippen LogP contribution >= 0.6 is 12.4 Å². The van der Waals surface area contributed by atoms with E-state index in [1.54, 1.807) is 0 Å². The fraction of sp³-hybridized carbons (Fsp3) is 0.952. The van der Waals surface area contributed by atoms with Gasteiger partial charge < -0.3 is 15.4 Å². The molecule has 4 nitrogen and oxygen atoms in total. The number of piperidine rings is 1. The average Bonchev–Trinajstić information content (AvgIpc) is 3.13. The summed E-state index contributed by atoms with van der Waals surface area (Å²) < 4.78 is 6.16. The molecule has 26 heavy (non-hydrogen) atoms. The Morgan fingerprint density at radius 3 is 2.15 bits per heavy atom. The van der Waals surface area contributed by atoms with Gasteiger partial charge in [-0.15, -0.1) is 12.4 Å². The maximum atomic E-state index is 13.0. The van der Waals surface area contributed by atoms with Crippen molar-refractivity contribution in [1.82, 2.24) is 4.90 Å². The van der Waals surface area contributed by atoms with Crippen molar-refractivity contribution in [3.05, 3.63) is 0 Å². The Bertz CT molecular complexity index is 447. The number of halogens is 1. The normalized spacial score (nSPS) is 36.0. The van der Waals surface area contributed by atoms with Crippen LogP contribution in [0.2, 0.25) is 0 Å². The molecule has 1 aliphatic heterocycles. The smallest absolute Gasteiger partial charge is 0.225 e. The lowest BCUT2D eigenvalue weighted by molar-refractivity contribution is -0.141. The van der Waals surface area contributed by atoms with Crippen LogP contribution in [0.4, 0.5) is 0 Å². The molecule has 2 atom stereocenters. The summed E-state index contributed by atoms with van der Waals surface area (Å²) in [6, 6.07) is 0.354. The van der Waals surface area contributed by atoms with E-state index in [2.05, 4.69) is 4.90 Å². The van der Waals surface area contributed by atoms with Gasteiger partial charge in [0.25, 0.3) is 0 Å². The predicted octanol–water partition coefficient (Wildman–Crippen LogP) is 3.76. The molecular weight excluding hydrogens is 348 g/mol. The van der Waals surface area contributed by atoms with Gasteiger partial charge in [-0.25, -0.2) is 0 Å². The maximum Gasteiger partial charge on any atom is 0.225 e. The Hall–Kier alpha value is -0.320.